The van der Waals surface area contributed by atoms with E-state index in [0.717, 1.165) is 24.6 Å². The van der Waals surface area contributed by atoms with Gasteiger partial charge in [-0.15, -0.1) is 0 Å². The number of carbonyl (C=O) groups excluding carboxylic acids is 1. The lowest BCUT2D eigenvalue weighted by molar-refractivity contribution is 0.0691. The zero-order valence-corrected chi connectivity index (χ0v) is 16.8. The Morgan fingerprint density at radius 3 is 2.23 bits per heavy atom. The van der Waals surface area contributed by atoms with Crippen LogP contribution in [0.2, 0.25) is 0 Å². The second-order valence-corrected chi connectivity index (χ2v) is 6.90. The van der Waals surface area contributed by atoms with Crippen molar-refractivity contribution in [1.29, 1.82) is 0 Å². The molecule has 2 aliphatic heterocycles. The summed E-state index contributed by atoms with van der Waals surface area (Å²) in [6, 6.07) is 21.4. The lowest BCUT2D eigenvalue weighted by Gasteiger charge is -2.29. The zero-order chi connectivity index (χ0) is 21.6. The Labute approximate surface area is 179 Å². The molecule has 2 N–H and O–H groups in total. The molecule has 0 saturated heterocycles. The van der Waals surface area contributed by atoms with E-state index in [1.807, 2.05) is 36.4 Å². The second-order valence-electron chi connectivity index (χ2n) is 6.90. The van der Waals surface area contributed by atoms with Crippen LogP contribution in [0.1, 0.15) is 20.7 Å². The number of para-hydroxylation sites is 4. The Kier molecular flexibility index (Phi) is 6.03. The predicted octanol–water partition coefficient (Wildman–Crippen LogP) is 3.91. The van der Waals surface area contributed by atoms with Gasteiger partial charge >= 0.3 is 5.97 Å². The van der Waals surface area contributed by atoms with Crippen LogP contribution in [0.4, 0.5) is 11.4 Å². The van der Waals surface area contributed by atoms with Gasteiger partial charge in [-0.25, -0.2) is 4.79 Å². The highest BCUT2D eigenvalue weighted by molar-refractivity contribution is 6.12. The van der Waals surface area contributed by atoms with Crippen molar-refractivity contribution < 1.29 is 24.2 Å². The average molecular weight is 418 g/mol. The van der Waals surface area contributed by atoms with E-state index in [2.05, 4.69) is 5.32 Å². The van der Waals surface area contributed by atoms with Crippen molar-refractivity contribution in [2.45, 2.75) is 0 Å². The first-order valence-electron chi connectivity index (χ1n) is 9.97. The molecule has 0 spiro atoms. The van der Waals surface area contributed by atoms with Crippen LogP contribution in [0.15, 0.2) is 72.8 Å². The van der Waals surface area contributed by atoms with E-state index in [1.54, 1.807) is 29.2 Å². The van der Waals surface area contributed by atoms with Crippen LogP contribution in [-0.4, -0.2) is 43.3 Å². The third kappa shape index (κ3) is 4.45. The van der Waals surface area contributed by atoms with Crippen molar-refractivity contribution in [2.24, 2.45) is 0 Å². The highest BCUT2D eigenvalue weighted by atomic mass is 16.5. The molecule has 7 heteroatoms. The van der Waals surface area contributed by atoms with E-state index >= 15 is 0 Å². The summed E-state index contributed by atoms with van der Waals surface area (Å²) in [4.78, 5) is 25.5. The third-order valence-corrected chi connectivity index (χ3v) is 4.92. The number of carboxylic acid groups (broad SMARTS) is 1. The summed E-state index contributed by atoms with van der Waals surface area (Å²) in [7, 11) is 0. The largest absolute Gasteiger partial charge is 0.490 e. The van der Waals surface area contributed by atoms with Crippen LogP contribution >= 0.6 is 0 Å². The van der Waals surface area contributed by atoms with Crippen molar-refractivity contribution in [3.8, 4) is 11.5 Å². The minimum absolute atomic E-state index is 0.00599. The van der Waals surface area contributed by atoms with E-state index in [0.29, 0.717) is 24.6 Å². The Morgan fingerprint density at radius 1 is 0.806 bits per heavy atom. The summed E-state index contributed by atoms with van der Waals surface area (Å²) in [6.45, 7) is 2.47. The Balaban J connectivity index is 0.000000192. The maximum Gasteiger partial charge on any atom is 0.336 e. The molecule has 1 amide bonds. The van der Waals surface area contributed by atoms with Gasteiger partial charge < -0.3 is 24.8 Å². The smallest absolute Gasteiger partial charge is 0.336 e. The van der Waals surface area contributed by atoms with E-state index in [-0.39, 0.29) is 17.0 Å². The highest BCUT2D eigenvalue weighted by Crippen LogP contribution is 2.32. The first-order valence-corrected chi connectivity index (χ1v) is 9.97. The molecule has 2 heterocycles. The van der Waals surface area contributed by atoms with Gasteiger partial charge in [-0.05, 0) is 36.4 Å². The Hall–Kier alpha value is -4.00. The lowest BCUT2D eigenvalue weighted by Crippen LogP contribution is -2.38. The van der Waals surface area contributed by atoms with Crippen molar-refractivity contribution in [1.82, 2.24) is 0 Å². The quantitative estimate of drug-likeness (QED) is 0.656. The molecule has 0 radical (unpaired) electrons. The van der Waals surface area contributed by atoms with E-state index < -0.39 is 5.97 Å². The van der Waals surface area contributed by atoms with E-state index in [1.165, 1.54) is 12.1 Å². The van der Waals surface area contributed by atoms with E-state index in [9.17, 15) is 14.7 Å². The number of nitrogens with zero attached hydrogens (tertiary/aromatic N) is 1. The van der Waals surface area contributed by atoms with Crippen LogP contribution in [0.5, 0.6) is 11.5 Å². The molecule has 5 rings (SSSR count). The molecule has 0 bridgehead atoms. The van der Waals surface area contributed by atoms with Gasteiger partial charge in [0.25, 0.3) is 5.91 Å². The first kappa shape index (κ1) is 20.3. The molecule has 3 aromatic carbocycles. The second kappa shape index (κ2) is 9.21. The zero-order valence-electron chi connectivity index (χ0n) is 16.8. The van der Waals surface area contributed by atoms with Gasteiger partial charge in [0.15, 0.2) is 0 Å². The van der Waals surface area contributed by atoms with Gasteiger partial charge in [-0.1, -0.05) is 36.4 Å². The van der Waals surface area contributed by atoms with Crippen LogP contribution in [-0.2, 0) is 0 Å². The molecule has 0 atom stereocenters. The summed E-state index contributed by atoms with van der Waals surface area (Å²) in [5.74, 6) is 0.155. The summed E-state index contributed by atoms with van der Waals surface area (Å²) < 4.78 is 10.9. The van der Waals surface area contributed by atoms with Gasteiger partial charge in [0, 0.05) is 6.54 Å². The maximum atomic E-state index is 12.7. The first-order chi connectivity index (χ1) is 15.1. The number of hydrogen-bond acceptors (Lipinski definition) is 5. The third-order valence-electron chi connectivity index (χ3n) is 4.92. The van der Waals surface area contributed by atoms with Crippen LogP contribution in [0.25, 0.3) is 0 Å². The number of hydrogen-bond donors (Lipinski definition) is 2. The molecule has 2 aliphatic rings. The fourth-order valence-corrected chi connectivity index (χ4v) is 3.47. The van der Waals surface area contributed by atoms with Crippen LogP contribution in [0.3, 0.4) is 0 Å². The Morgan fingerprint density at radius 2 is 1.45 bits per heavy atom. The number of anilines is 2. The van der Waals surface area contributed by atoms with Gasteiger partial charge in [0.1, 0.15) is 24.7 Å². The fourth-order valence-electron chi connectivity index (χ4n) is 3.47. The normalized spacial score (nSPS) is 13.7. The number of carboxylic acids is 1. The Bertz CT molecular complexity index is 1070. The average Bonchev–Trinajstić information content (AvgIpc) is 2.83. The number of benzene rings is 3. The number of aromatic carboxylic acids is 1. The van der Waals surface area contributed by atoms with Crippen LogP contribution < -0.4 is 19.7 Å². The molecule has 0 saturated carbocycles. The van der Waals surface area contributed by atoms with Crippen LogP contribution in [0, 0.1) is 0 Å². The molecule has 0 fully saturated rings. The van der Waals surface area contributed by atoms with Crippen molar-refractivity contribution >= 4 is 23.3 Å². The van der Waals surface area contributed by atoms with Gasteiger partial charge in [-0.3, -0.25) is 4.79 Å². The van der Waals surface area contributed by atoms with Crippen molar-refractivity contribution in [2.75, 3.05) is 36.5 Å². The molecular formula is C24H22N2O5. The van der Waals surface area contributed by atoms with Gasteiger partial charge in [0.05, 0.1) is 29.0 Å². The topological polar surface area (TPSA) is 88.1 Å². The highest BCUT2D eigenvalue weighted by Gasteiger charge is 2.27. The maximum absolute atomic E-state index is 12.7. The fraction of sp³-hybridized carbons (Fsp3) is 0.167. The number of rotatable bonds is 2. The minimum atomic E-state index is -1.11. The predicted molar refractivity (Wildman–Crippen MR) is 117 cm³/mol. The lowest BCUT2D eigenvalue weighted by atomic mass is 10.1. The number of amides is 1. The summed E-state index contributed by atoms with van der Waals surface area (Å²) in [6.07, 6.45) is 0. The monoisotopic (exact) mass is 418 g/mol. The molecule has 0 unspecified atom stereocenters. The molecule has 7 nitrogen and oxygen atoms in total. The SMILES string of the molecule is O=C(O)c1ccccc1C(=O)N1CCOc2ccccc21.c1ccc2c(c1)NCCO2. The summed E-state index contributed by atoms with van der Waals surface area (Å²) >= 11 is 0. The molecule has 3 aromatic rings. The van der Waals surface area contributed by atoms with Crippen molar-refractivity contribution in [3.63, 3.8) is 0 Å². The summed E-state index contributed by atoms with van der Waals surface area (Å²) in [5.41, 5.74) is 1.95. The molecular weight excluding hydrogens is 396 g/mol. The molecule has 0 aromatic heterocycles. The number of fused-ring (bicyclic) bond motifs is 2. The number of ether oxygens (including phenoxy) is 2. The van der Waals surface area contributed by atoms with E-state index in [4.69, 9.17) is 9.47 Å². The molecule has 158 valence electrons. The standard InChI is InChI=1S/C16H13NO4.C8H9NO/c18-15(11-5-1-2-6-12(11)16(19)20)17-9-10-21-14-8-4-3-7-13(14)17;1-2-4-8-7(3-1)9-5-6-10-8/h1-8H,9-10H2,(H,19,20);1-4,9H,5-6H2. The van der Waals surface area contributed by atoms with Gasteiger partial charge in [-0.2, -0.15) is 0 Å². The van der Waals surface area contributed by atoms with Crippen molar-refractivity contribution in [3.05, 3.63) is 83.9 Å². The summed E-state index contributed by atoms with van der Waals surface area (Å²) in [5, 5.41) is 12.5. The number of nitrogens with one attached hydrogen (secondary N) is 1. The van der Waals surface area contributed by atoms with Gasteiger partial charge in [0.2, 0.25) is 0 Å². The minimum Gasteiger partial charge on any atom is -0.490 e. The number of carbonyl (C=O) groups is 2. The molecule has 31 heavy (non-hydrogen) atoms. The molecule has 0 aliphatic carbocycles.